The van der Waals surface area contributed by atoms with Crippen LogP contribution in [0.25, 0.3) is 10.9 Å². The number of hydrogen-bond donors (Lipinski definition) is 0. The van der Waals surface area contributed by atoms with Gasteiger partial charge < -0.3 is 0 Å². The van der Waals surface area contributed by atoms with Crippen LogP contribution < -0.4 is 0 Å². The summed E-state index contributed by atoms with van der Waals surface area (Å²) >= 11 is 0. The molecule has 1 aliphatic heterocycles. The molecule has 0 nitrogen and oxygen atoms in total. The lowest BCUT2D eigenvalue weighted by molar-refractivity contribution is 1.85. The Balaban J connectivity index is 2.74. The highest BCUT2D eigenvalue weighted by Gasteiger charge is 1.95. The summed E-state index contributed by atoms with van der Waals surface area (Å²) in [4.78, 5) is 0. The lowest BCUT2D eigenvalue weighted by Gasteiger charge is -1.84. The Labute approximate surface area is 62.0 Å². The van der Waals surface area contributed by atoms with Gasteiger partial charge in [-0.05, 0) is 23.5 Å². The molecule has 0 aromatic rings. The van der Waals surface area contributed by atoms with E-state index in [0.29, 0.717) is 0 Å². The third kappa shape index (κ3) is 0.913. The van der Waals surface area contributed by atoms with E-state index in [1.807, 2.05) is 0 Å². The molecule has 1 aliphatic carbocycles. The Morgan fingerprint density at radius 1 is 0.900 bits per heavy atom. The third-order valence-corrected chi connectivity index (χ3v) is 2.50. The van der Waals surface area contributed by atoms with Gasteiger partial charge in [0.1, 0.15) is 0 Å². The van der Waals surface area contributed by atoms with Gasteiger partial charge >= 0.3 is 0 Å². The summed E-state index contributed by atoms with van der Waals surface area (Å²) in [5.74, 6) is 2.17. The standard InChI is InChI=1S/C9H7P/c1-2-4-8-6-7-10-9(8)5-3-1/h1-7H. The Kier molecular flexibility index (Phi) is 1.41. The minimum absolute atomic E-state index is 1.33. The fraction of sp³-hybridized carbons (Fsp3) is 0. The molecule has 0 saturated carbocycles. The zero-order valence-electron chi connectivity index (χ0n) is 5.49. The van der Waals surface area contributed by atoms with Crippen LogP contribution in [0.5, 0.6) is 0 Å². The smallest absolute Gasteiger partial charge is 0.00903 e. The van der Waals surface area contributed by atoms with Crippen LogP contribution in [0.1, 0.15) is 0 Å². The van der Waals surface area contributed by atoms with E-state index in [0.717, 1.165) is 0 Å². The second-order valence-electron chi connectivity index (χ2n) is 2.20. The molecule has 48 valence electrons. The summed E-state index contributed by atoms with van der Waals surface area (Å²) in [5, 5.41) is 1.41. The van der Waals surface area contributed by atoms with Gasteiger partial charge in [-0.25, -0.2) is 0 Å². The molecule has 1 heterocycles. The molecule has 1 heteroatoms. The lowest BCUT2D eigenvalue weighted by Crippen LogP contribution is -1.57. The van der Waals surface area contributed by atoms with Gasteiger partial charge in [-0.2, -0.15) is 0 Å². The van der Waals surface area contributed by atoms with Crippen molar-refractivity contribution in [1.82, 2.24) is 0 Å². The molecule has 0 amide bonds. The Morgan fingerprint density at radius 3 is 2.80 bits per heavy atom. The molecular weight excluding hydrogens is 139 g/mol. The molecule has 2 rings (SSSR count). The highest BCUT2D eigenvalue weighted by molar-refractivity contribution is 7.33. The zero-order valence-corrected chi connectivity index (χ0v) is 6.38. The van der Waals surface area contributed by atoms with E-state index in [-0.39, 0.29) is 0 Å². The van der Waals surface area contributed by atoms with E-state index >= 15 is 0 Å². The van der Waals surface area contributed by atoms with Gasteiger partial charge in [0.2, 0.25) is 0 Å². The van der Waals surface area contributed by atoms with Gasteiger partial charge in [-0.1, -0.05) is 32.5 Å². The van der Waals surface area contributed by atoms with Crippen molar-refractivity contribution in [3.05, 3.63) is 42.2 Å². The highest BCUT2D eigenvalue weighted by Crippen LogP contribution is 2.29. The van der Waals surface area contributed by atoms with Crippen LogP contribution in [0.3, 0.4) is 0 Å². The first-order valence-corrected chi connectivity index (χ1v) is 4.23. The van der Waals surface area contributed by atoms with Gasteiger partial charge in [-0.3, -0.25) is 0 Å². The molecule has 0 bridgehead atoms. The molecule has 0 aromatic carbocycles. The molecule has 0 spiro atoms. The number of rotatable bonds is 0. The van der Waals surface area contributed by atoms with E-state index < -0.39 is 0 Å². The Morgan fingerprint density at radius 2 is 1.80 bits per heavy atom. The van der Waals surface area contributed by atoms with Crippen LogP contribution in [0.4, 0.5) is 0 Å². The molecule has 10 heavy (non-hydrogen) atoms. The summed E-state index contributed by atoms with van der Waals surface area (Å²) in [5.41, 5.74) is 1.35. The van der Waals surface area contributed by atoms with Crippen molar-refractivity contribution in [1.29, 1.82) is 0 Å². The summed E-state index contributed by atoms with van der Waals surface area (Å²) in [7, 11) is 1.33. The third-order valence-electron chi connectivity index (χ3n) is 1.52. The highest BCUT2D eigenvalue weighted by atomic mass is 31.0. The lowest BCUT2D eigenvalue weighted by atomic mass is 10.3. The minimum Gasteiger partial charge on any atom is -0.0678 e. The van der Waals surface area contributed by atoms with Crippen LogP contribution in [-0.2, 0) is 0 Å². The minimum atomic E-state index is 1.33. The first kappa shape index (κ1) is 5.88. The van der Waals surface area contributed by atoms with Crippen LogP contribution >= 0.6 is 8.19 Å². The molecule has 0 N–H and O–H groups in total. The predicted molar refractivity (Wildman–Crippen MR) is 45.6 cm³/mol. The van der Waals surface area contributed by atoms with Crippen LogP contribution in [0.2, 0.25) is 0 Å². The molecule has 0 fully saturated rings. The van der Waals surface area contributed by atoms with E-state index in [1.54, 1.807) is 0 Å². The monoisotopic (exact) mass is 146 g/mol. The molecule has 0 aromatic heterocycles. The van der Waals surface area contributed by atoms with Crippen molar-refractivity contribution >= 4 is 8.19 Å². The molecule has 0 atom stereocenters. The van der Waals surface area contributed by atoms with E-state index in [2.05, 4.69) is 42.2 Å². The SMILES string of the molecule is c1ccc2ccpc-2cc1. The van der Waals surface area contributed by atoms with Crippen molar-refractivity contribution < 1.29 is 0 Å². The Bertz CT molecular complexity index is 276. The molecule has 2 aliphatic rings. The van der Waals surface area contributed by atoms with Crippen molar-refractivity contribution in [3.63, 3.8) is 0 Å². The maximum atomic E-state index is 2.17. The molecule has 0 saturated heterocycles. The first-order valence-electron chi connectivity index (χ1n) is 3.26. The van der Waals surface area contributed by atoms with E-state index in [4.69, 9.17) is 0 Å². The first-order chi connectivity index (χ1) is 4.97. The maximum Gasteiger partial charge on any atom is 0.00903 e. The predicted octanol–water partition coefficient (Wildman–Crippen LogP) is 3.37. The number of hydrogen-bond acceptors (Lipinski definition) is 0. The van der Waals surface area contributed by atoms with Crippen molar-refractivity contribution in [3.8, 4) is 10.9 Å². The average molecular weight is 146 g/mol. The Hall–Kier alpha value is -0.870. The van der Waals surface area contributed by atoms with Gasteiger partial charge in [0, 0.05) is 5.30 Å². The second-order valence-corrected chi connectivity index (χ2v) is 3.23. The zero-order chi connectivity index (χ0) is 6.81. The topological polar surface area (TPSA) is 0 Å². The summed E-state index contributed by atoms with van der Waals surface area (Å²) in [6, 6.07) is 12.7. The second kappa shape index (κ2) is 2.40. The van der Waals surface area contributed by atoms with Crippen molar-refractivity contribution in [2.45, 2.75) is 0 Å². The molecular formula is C9H7P. The molecule has 0 unspecified atom stereocenters. The van der Waals surface area contributed by atoms with Crippen molar-refractivity contribution in [2.75, 3.05) is 0 Å². The van der Waals surface area contributed by atoms with Gasteiger partial charge in [-0.15, -0.1) is 0 Å². The van der Waals surface area contributed by atoms with Gasteiger partial charge in [0.15, 0.2) is 0 Å². The largest absolute Gasteiger partial charge is 0.0678 e. The quantitative estimate of drug-likeness (QED) is 0.534. The summed E-state index contributed by atoms with van der Waals surface area (Å²) in [6.45, 7) is 0. The van der Waals surface area contributed by atoms with Gasteiger partial charge in [0.25, 0.3) is 0 Å². The van der Waals surface area contributed by atoms with Crippen molar-refractivity contribution in [2.24, 2.45) is 0 Å². The van der Waals surface area contributed by atoms with E-state index in [1.165, 1.54) is 19.1 Å². The number of fused-ring (bicyclic) bond motifs is 1. The normalized spacial score (nSPS) is 10.8. The van der Waals surface area contributed by atoms with Crippen LogP contribution in [0, 0.1) is 0 Å². The fourth-order valence-electron chi connectivity index (χ4n) is 1.01. The summed E-state index contributed by atoms with van der Waals surface area (Å²) < 4.78 is 0. The summed E-state index contributed by atoms with van der Waals surface area (Å²) in [6.07, 6.45) is 0. The van der Waals surface area contributed by atoms with Gasteiger partial charge in [0.05, 0.1) is 0 Å². The van der Waals surface area contributed by atoms with E-state index in [9.17, 15) is 0 Å². The van der Waals surface area contributed by atoms with Crippen LogP contribution in [-0.4, -0.2) is 0 Å². The maximum absolute atomic E-state index is 2.17. The average Bonchev–Trinajstić information content (AvgIpc) is 2.28. The van der Waals surface area contributed by atoms with Crippen LogP contribution in [0.15, 0.2) is 42.2 Å². The fourth-order valence-corrected chi connectivity index (χ4v) is 1.87. The molecule has 0 radical (unpaired) electrons.